The molecule has 8 heteroatoms. The fourth-order valence-electron chi connectivity index (χ4n) is 5.37. The van der Waals surface area contributed by atoms with E-state index in [1.54, 1.807) is 13.3 Å². The first-order valence-corrected chi connectivity index (χ1v) is 13.5. The average molecular weight is 548 g/mol. The van der Waals surface area contributed by atoms with E-state index in [2.05, 4.69) is 45.7 Å². The Morgan fingerprint density at radius 3 is 2.20 bits per heavy atom. The third-order valence-corrected chi connectivity index (χ3v) is 7.52. The van der Waals surface area contributed by atoms with Crippen LogP contribution in [-0.4, -0.2) is 26.8 Å². The summed E-state index contributed by atoms with van der Waals surface area (Å²) in [6.45, 7) is 4.27. The number of anilines is 1. The Bertz CT molecular complexity index is 1620. The Labute approximate surface area is 239 Å². The molecule has 0 aliphatic carbocycles. The predicted molar refractivity (Wildman–Crippen MR) is 160 cm³/mol. The van der Waals surface area contributed by atoms with Crippen LogP contribution in [0.15, 0.2) is 104 Å². The topological polar surface area (TPSA) is 64.4 Å². The van der Waals surface area contributed by atoms with Gasteiger partial charge in [-0.15, -0.1) is 0 Å². The number of aryl methyl sites for hydroxylation is 1. The average Bonchev–Trinajstić information content (AvgIpc) is 3.49. The monoisotopic (exact) mass is 547 g/mol. The van der Waals surface area contributed by atoms with Gasteiger partial charge in [-0.05, 0) is 110 Å². The summed E-state index contributed by atoms with van der Waals surface area (Å²) in [5, 5.41) is 4.21. The third kappa shape index (κ3) is 4.78. The summed E-state index contributed by atoms with van der Waals surface area (Å²) in [7, 11) is 1.65. The molecule has 1 fully saturated rings. The maximum Gasteiger partial charge on any atom is 0.174 e. The number of pyridine rings is 2. The van der Waals surface area contributed by atoms with E-state index in [1.807, 2.05) is 85.2 Å². The molecule has 0 saturated carbocycles. The Hall–Kier alpha value is -4.69. The van der Waals surface area contributed by atoms with Crippen molar-refractivity contribution in [2.75, 3.05) is 12.0 Å². The summed E-state index contributed by atoms with van der Waals surface area (Å²) in [5.41, 5.74) is 6.35. The Kier molecular flexibility index (Phi) is 6.92. The fourth-order valence-corrected chi connectivity index (χ4v) is 5.72. The predicted octanol–water partition coefficient (Wildman–Crippen LogP) is 6.86. The first kappa shape index (κ1) is 25.6. The summed E-state index contributed by atoms with van der Waals surface area (Å²) >= 11 is 5.94. The number of thiocarbonyl (C=S) groups is 1. The fraction of sp³-hybridized carbons (Fsp3) is 0.156. The second-order valence-electron chi connectivity index (χ2n) is 9.64. The molecule has 2 aromatic carbocycles. The molecule has 5 aromatic rings. The molecular formula is C32H29N5O2S. The Morgan fingerprint density at radius 2 is 1.55 bits per heavy atom. The minimum Gasteiger partial charge on any atom is -0.497 e. The highest BCUT2D eigenvalue weighted by molar-refractivity contribution is 7.80. The van der Waals surface area contributed by atoms with E-state index in [-0.39, 0.29) is 12.1 Å². The summed E-state index contributed by atoms with van der Waals surface area (Å²) in [6, 6.07) is 27.5. The van der Waals surface area contributed by atoms with E-state index < -0.39 is 0 Å². The van der Waals surface area contributed by atoms with Gasteiger partial charge in [-0.25, -0.2) is 0 Å². The van der Waals surface area contributed by atoms with Gasteiger partial charge in [0, 0.05) is 29.5 Å². The zero-order valence-electron chi connectivity index (χ0n) is 22.5. The molecule has 1 aliphatic rings. The zero-order chi connectivity index (χ0) is 27.6. The molecule has 6 rings (SSSR count). The molecule has 1 N–H and O–H groups in total. The van der Waals surface area contributed by atoms with Gasteiger partial charge >= 0.3 is 0 Å². The number of rotatable bonds is 7. The second kappa shape index (κ2) is 10.8. The molecule has 40 heavy (non-hydrogen) atoms. The van der Waals surface area contributed by atoms with Gasteiger partial charge in [-0.1, -0.05) is 6.07 Å². The Balaban J connectivity index is 1.38. The second-order valence-corrected chi connectivity index (χ2v) is 10.0. The number of methoxy groups -OCH3 is 1. The van der Waals surface area contributed by atoms with Crippen LogP contribution >= 0.6 is 12.2 Å². The van der Waals surface area contributed by atoms with Crippen molar-refractivity contribution in [3.8, 4) is 22.9 Å². The van der Waals surface area contributed by atoms with E-state index in [1.165, 1.54) is 5.56 Å². The minimum atomic E-state index is -0.133. The van der Waals surface area contributed by atoms with Gasteiger partial charge in [-0.3, -0.25) is 9.97 Å². The number of aromatic nitrogens is 3. The highest BCUT2D eigenvalue weighted by Crippen LogP contribution is 2.44. The largest absolute Gasteiger partial charge is 0.497 e. The van der Waals surface area contributed by atoms with Crippen molar-refractivity contribution in [1.82, 2.24) is 19.9 Å². The molecule has 200 valence electrons. The number of nitrogens with zero attached hydrogens (tertiary/aromatic N) is 4. The molecule has 0 radical (unpaired) electrons. The summed E-state index contributed by atoms with van der Waals surface area (Å²) in [6.07, 6.45) is 5.50. The summed E-state index contributed by atoms with van der Waals surface area (Å²) < 4.78 is 13.6. The van der Waals surface area contributed by atoms with Crippen molar-refractivity contribution >= 4 is 23.0 Å². The lowest BCUT2D eigenvalue weighted by Gasteiger charge is -2.28. The van der Waals surface area contributed by atoms with Gasteiger partial charge in [0.1, 0.15) is 17.2 Å². The maximum atomic E-state index is 6.07. The molecule has 3 aromatic heterocycles. The van der Waals surface area contributed by atoms with Crippen LogP contribution in [0.5, 0.6) is 17.2 Å². The smallest absolute Gasteiger partial charge is 0.174 e. The molecule has 0 spiro atoms. The van der Waals surface area contributed by atoms with Crippen LogP contribution in [0, 0.1) is 13.8 Å². The van der Waals surface area contributed by atoms with Crippen LogP contribution in [0.25, 0.3) is 5.69 Å². The number of hydrogen-bond donors (Lipinski definition) is 1. The highest BCUT2D eigenvalue weighted by atomic mass is 32.1. The van der Waals surface area contributed by atoms with E-state index in [0.717, 1.165) is 45.7 Å². The lowest BCUT2D eigenvalue weighted by atomic mass is 9.96. The molecule has 0 amide bonds. The lowest BCUT2D eigenvalue weighted by Crippen LogP contribution is -2.29. The Morgan fingerprint density at radius 1 is 0.825 bits per heavy atom. The van der Waals surface area contributed by atoms with E-state index in [0.29, 0.717) is 5.11 Å². The van der Waals surface area contributed by atoms with Gasteiger partial charge in [-0.2, -0.15) is 0 Å². The van der Waals surface area contributed by atoms with E-state index in [4.69, 9.17) is 26.7 Å². The summed E-state index contributed by atoms with van der Waals surface area (Å²) in [4.78, 5) is 11.2. The molecule has 4 heterocycles. The highest BCUT2D eigenvalue weighted by Gasteiger charge is 2.42. The number of benzene rings is 2. The van der Waals surface area contributed by atoms with Crippen molar-refractivity contribution < 1.29 is 9.47 Å². The van der Waals surface area contributed by atoms with Crippen molar-refractivity contribution in [1.29, 1.82) is 0 Å². The third-order valence-electron chi connectivity index (χ3n) is 7.20. The first-order chi connectivity index (χ1) is 19.5. The van der Waals surface area contributed by atoms with E-state index >= 15 is 0 Å². The molecule has 7 nitrogen and oxygen atoms in total. The number of ether oxygens (including phenoxy) is 2. The van der Waals surface area contributed by atoms with Crippen LogP contribution in [-0.2, 0) is 0 Å². The standard InChI is InChI=1S/C32H29N5O2S/c1-21-19-28(22(2)36(21)24-7-6-17-33-20-24)31-30(29-8-4-5-18-34-29)35-32(40)37(31)23-9-11-26(12-10-23)39-27-15-13-25(38-3)14-16-27/h4-20,30-31H,1-3H3,(H,35,40)/t30-,31-/m0/s1. The van der Waals surface area contributed by atoms with Crippen molar-refractivity contribution in [2.24, 2.45) is 0 Å². The van der Waals surface area contributed by atoms with Crippen LogP contribution in [0.2, 0.25) is 0 Å². The lowest BCUT2D eigenvalue weighted by molar-refractivity contribution is 0.413. The molecule has 0 bridgehead atoms. The number of nitrogens with one attached hydrogen (secondary N) is 1. The van der Waals surface area contributed by atoms with Crippen molar-refractivity contribution in [3.05, 3.63) is 126 Å². The SMILES string of the molecule is COc1ccc(Oc2ccc(N3C(=S)N[C@@H](c4ccccn4)[C@@H]3c3cc(C)n(-c4cccnc4)c3C)cc2)cc1. The van der Waals surface area contributed by atoms with Gasteiger partial charge < -0.3 is 24.3 Å². The van der Waals surface area contributed by atoms with Gasteiger partial charge in [0.2, 0.25) is 0 Å². The van der Waals surface area contributed by atoms with Crippen LogP contribution in [0.1, 0.15) is 34.7 Å². The molecule has 0 unspecified atom stereocenters. The van der Waals surface area contributed by atoms with Crippen LogP contribution < -0.4 is 19.7 Å². The summed E-state index contributed by atoms with van der Waals surface area (Å²) in [5.74, 6) is 2.26. The van der Waals surface area contributed by atoms with Crippen molar-refractivity contribution in [2.45, 2.75) is 25.9 Å². The van der Waals surface area contributed by atoms with Crippen LogP contribution in [0.4, 0.5) is 5.69 Å². The number of hydrogen-bond acceptors (Lipinski definition) is 5. The van der Waals surface area contributed by atoms with Gasteiger partial charge in [0.15, 0.2) is 5.11 Å². The van der Waals surface area contributed by atoms with Crippen LogP contribution in [0.3, 0.4) is 0 Å². The first-order valence-electron chi connectivity index (χ1n) is 13.1. The molecular weight excluding hydrogens is 518 g/mol. The van der Waals surface area contributed by atoms with Gasteiger partial charge in [0.25, 0.3) is 0 Å². The van der Waals surface area contributed by atoms with Crippen molar-refractivity contribution in [3.63, 3.8) is 0 Å². The quantitative estimate of drug-likeness (QED) is 0.223. The maximum absolute atomic E-state index is 6.07. The zero-order valence-corrected chi connectivity index (χ0v) is 23.3. The molecule has 2 atom stereocenters. The minimum absolute atomic E-state index is 0.118. The molecule has 1 aliphatic heterocycles. The van der Waals surface area contributed by atoms with E-state index in [9.17, 15) is 0 Å². The van der Waals surface area contributed by atoms with Gasteiger partial charge in [0.05, 0.1) is 36.8 Å². The normalized spacial score (nSPS) is 16.6. The molecule has 1 saturated heterocycles.